The Bertz CT molecular complexity index is 703. The Hall–Kier alpha value is -2.21. The lowest BCUT2D eigenvalue weighted by Gasteiger charge is -2.27. The molecular formula is C17H18N2O3S. The zero-order valence-corrected chi connectivity index (χ0v) is 13.6. The number of carbonyl (C=O) groups is 1. The highest BCUT2D eigenvalue weighted by molar-refractivity contribution is 7.99. The number of ether oxygens (including phenoxy) is 1. The quantitative estimate of drug-likeness (QED) is 0.818. The van der Waals surface area contributed by atoms with E-state index in [0.717, 1.165) is 35.5 Å². The first kappa shape index (κ1) is 15.7. The molecule has 0 radical (unpaired) electrons. The molecule has 0 saturated carbocycles. The van der Waals surface area contributed by atoms with E-state index in [1.807, 2.05) is 30.3 Å². The molecule has 0 spiro atoms. The number of hydrogen-bond acceptors (Lipinski definition) is 5. The minimum absolute atomic E-state index is 0.0170. The van der Waals surface area contributed by atoms with Crippen molar-refractivity contribution in [2.75, 3.05) is 17.6 Å². The Balaban J connectivity index is 1.78. The summed E-state index contributed by atoms with van der Waals surface area (Å²) in [4.78, 5) is 14.9. The van der Waals surface area contributed by atoms with E-state index in [1.54, 1.807) is 6.20 Å². The average Bonchev–Trinajstić information content (AvgIpc) is 2.59. The van der Waals surface area contributed by atoms with Crippen molar-refractivity contribution in [3.05, 3.63) is 36.5 Å². The lowest BCUT2D eigenvalue weighted by Crippen LogP contribution is -2.29. The number of anilines is 1. The van der Waals surface area contributed by atoms with Crippen molar-refractivity contribution in [2.45, 2.75) is 24.5 Å². The summed E-state index contributed by atoms with van der Waals surface area (Å²) in [6, 6.07) is 9.86. The zero-order chi connectivity index (χ0) is 16.2. The Morgan fingerprint density at radius 2 is 2.22 bits per heavy atom. The molecule has 2 N–H and O–H groups in total. The largest absolute Gasteiger partial charge is 0.486 e. The highest BCUT2D eigenvalue weighted by atomic mass is 32.2. The van der Waals surface area contributed by atoms with E-state index in [0.29, 0.717) is 5.03 Å². The molecule has 2 heterocycles. The molecule has 0 aliphatic carbocycles. The molecule has 6 heteroatoms. The molecule has 120 valence electrons. The number of benzene rings is 1. The number of thioether (sulfide) groups is 1. The van der Waals surface area contributed by atoms with Crippen LogP contribution in [0.5, 0.6) is 5.75 Å². The monoisotopic (exact) mass is 330 g/mol. The van der Waals surface area contributed by atoms with Crippen LogP contribution in [0, 0.1) is 0 Å². The maximum atomic E-state index is 10.6. The number of nitrogens with one attached hydrogen (secondary N) is 1. The zero-order valence-electron chi connectivity index (χ0n) is 12.8. The molecule has 2 aromatic rings. The molecule has 1 aromatic heterocycles. The normalized spacial score (nSPS) is 16.1. The van der Waals surface area contributed by atoms with Gasteiger partial charge in [-0.2, -0.15) is 0 Å². The van der Waals surface area contributed by atoms with Gasteiger partial charge in [-0.25, -0.2) is 4.98 Å². The van der Waals surface area contributed by atoms with Crippen LogP contribution in [0.4, 0.5) is 5.69 Å². The number of nitrogens with zero attached hydrogens (tertiary/aromatic N) is 1. The van der Waals surface area contributed by atoms with Crippen LogP contribution in [0.3, 0.4) is 0 Å². The molecule has 23 heavy (non-hydrogen) atoms. The van der Waals surface area contributed by atoms with Gasteiger partial charge in [0, 0.05) is 11.8 Å². The molecule has 1 unspecified atom stereocenters. The second-order valence-corrected chi connectivity index (χ2v) is 6.30. The van der Waals surface area contributed by atoms with Gasteiger partial charge in [-0.3, -0.25) is 4.79 Å². The SMILES string of the molecule is CCC1CNc2ccc(-c3ccc(SCC(=O)O)nc3)cc2O1. The number of carboxylic acid groups (broad SMARTS) is 1. The van der Waals surface area contributed by atoms with E-state index < -0.39 is 5.97 Å². The lowest BCUT2D eigenvalue weighted by molar-refractivity contribution is -0.133. The second-order valence-electron chi connectivity index (χ2n) is 5.31. The van der Waals surface area contributed by atoms with Crippen LogP contribution in [0.25, 0.3) is 11.1 Å². The number of carboxylic acids is 1. The van der Waals surface area contributed by atoms with Crippen molar-refractivity contribution < 1.29 is 14.6 Å². The van der Waals surface area contributed by atoms with Crippen LogP contribution in [-0.2, 0) is 4.79 Å². The third-order valence-electron chi connectivity index (χ3n) is 3.66. The van der Waals surface area contributed by atoms with Crippen LogP contribution in [-0.4, -0.2) is 34.5 Å². The predicted molar refractivity (Wildman–Crippen MR) is 91.2 cm³/mol. The highest BCUT2D eigenvalue weighted by Crippen LogP contribution is 2.34. The van der Waals surface area contributed by atoms with E-state index >= 15 is 0 Å². The van der Waals surface area contributed by atoms with Gasteiger partial charge >= 0.3 is 5.97 Å². The van der Waals surface area contributed by atoms with Crippen LogP contribution in [0.1, 0.15) is 13.3 Å². The first-order valence-corrected chi connectivity index (χ1v) is 8.50. The van der Waals surface area contributed by atoms with Gasteiger partial charge in [0.2, 0.25) is 0 Å². The lowest BCUT2D eigenvalue weighted by atomic mass is 10.1. The number of aromatic nitrogens is 1. The minimum Gasteiger partial charge on any atom is -0.486 e. The molecule has 1 atom stereocenters. The van der Waals surface area contributed by atoms with E-state index in [9.17, 15) is 4.79 Å². The van der Waals surface area contributed by atoms with Crippen molar-refractivity contribution in [1.29, 1.82) is 0 Å². The fourth-order valence-electron chi connectivity index (χ4n) is 2.39. The minimum atomic E-state index is -0.842. The number of pyridine rings is 1. The second kappa shape index (κ2) is 6.91. The summed E-state index contributed by atoms with van der Waals surface area (Å²) in [5, 5.41) is 12.8. The molecule has 0 bridgehead atoms. The van der Waals surface area contributed by atoms with E-state index in [4.69, 9.17) is 9.84 Å². The topological polar surface area (TPSA) is 71.5 Å². The summed E-state index contributed by atoms with van der Waals surface area (Å²) in [7, 11) is 0. The fourth-order valence-corrected chi connectivity index (χ4v) is 2.95. The molecule has 0 amide bonds. The third kappa shape index (κ3) is 3.76. The smallest absolute Gasteiger partial charge is 0.313 e. The van der Waals surface area contributed by atoms with Crippen molar-refractivity contribution in [3.8, 4) is 16.9 Å². The van der Waals surface area contributed by atoms with Crippen LogP contribution < -0.4 is 10.1 Å². The molecular weight excluding hydrogens is 312 g/mol. The Morgan fingerprint density at radius 3 is 2.91 bits per heavy atom. The van der Waals surface area contributed by atoms with Gasteiger partial charge in [0.05, 0.1) is 23.0 Å². The van der Waals surface area contributed by atoms with Gasteiger partial charge < -0.3 is 15.2 Å². The summed E-state index contributed by atoms with van der Waals surface area (Å²) in [6.45, 7) is 2.94. The predicted octanol–water partition coefficient (Wildman–Crippen LogP) is 3.51. The van der Waals surface area contributed by atoms with Gasteiger partial charge in [-0.05, 0) is 30.2 Å². The maximum absolute atomic E-state index is 10.6. The average molecular weight is 330 g/mol. The summed E-state index contributed by atoms with van der Waals surface area (Å²) >= 11 is 1.21. The first-order chi connectivity index (χ1) is 11.2. The van der Waals surface area contributed by atoms with Gasteiger partial charge in [-0.15, -0.1) is 0 Å². The summed E-state index contributed by atoms with van der Waals surface area (Å²) in [5.41, 5.74) is 3.03. The Labute approximate surface area is 139 Å². The van der Waals surface area contributed by atoms with Crippen molar-refractivity contribution in [2.24, 2.45) is 0 Å². The van der Waals surface area contributed by atoms with Gasteiger partial charge in [0.15, 0.2) is 0 Å². The van der Waals surface area contributed by atoms with Crippen molar-refractivity contribution >= 4 is 23.4 Å². The summed E-state index contributed by atoms with van der Waals surface area (Å²) in [6.07, 6.45) is 2.93. The molecule has 1 aliphatic heterocycles. The highest BCUT2D eigenvalue weighted by Gasteiger charge is 2.18. The Kier molecular flexibility index (Phi) is 4.71. The summed E-state index contributed by atoms with van der Waals surface area (Å²) < 4.78 is 5.98. The molecule has 0 saturated heterocycles. The van der Waals surface area contributed by atoms with Crippen molar-refractivity contribution in [3.63, 3.8) is 0 Å². The Morgan fingerprint density at radius 1 is 1.39 bits per heavy atom. The van der Waals surface area contributed by atoms with E-state index in [-0.39, 0.29) is 11.9 Å². The van der Waals surface area contributed by atoms with Crippen molar-refractivity contribution in [1.82, 2.24) is 4.98 Å². The van der Waals surface area contributed by atoms with Gasteiger partial charge in [-0.1, -0.05) is 30.8 Å². The standard InChI is InChI=1S/C17H18N2O3S/c1-2-13-9-18-14-5-3-11(7-15(14)22-13)12-4-6-16(19-8-12)23-10-17(20)21/h3-8,13,18H,2,9-10H2,1H3,(H,20,21). The van der Waals surface area contributed by atoms with Gasteiger partial charge in [0.25, 0.3) is 0 Å². The number of aliphatic carboxylic acids is 1. The fraction of sp³-hybridized carbons (Fsp3) is 0.294. The van der Waals surface area contributed by atoms with Gasteiger partial charge in [0.1, 0.15) is 11.9 Å². The molecule has 3 rings (SSSR count). The molecule has 1 aromatic carbocycles. The number of hydrogen-bond donors (Lipinski definition) is 2. The van der Waals surface area contributed by atoms with Crippen LogP contribution >= 0.6 is 11.8 Å². The number of fused-ring (bicyclic) bond motifs is 1. The molecule has 1 aliphatic rings. The van der Waals surface area contributed by atoms with E-state index in [1.165, 1.54) is 11.8 Å². The molecule has 5 nitrogen and oxygen atoms in total. The first-order valence-electron chi connectivity index (χ1n) is 7.51. The van der Waals surface area contributed by atoms with Crippen LogP contribution in [0.15, 0.2) is 41.6 Å². The summed E-state index contributed by atoms with van der Waals surface area (Å²) in [5.74, 6) is 0.0407. The third-order valence-corrected chi connectivity index (χ3v) is 4.59. The molecule has 0 fully saturated rings. The van der Waals surface area contributed by atoms with Crippen LogP contribution in [0.2, 0.25) is 0 Å². The number of rotatable bonds is 5. The van der Waals surface area contributed by atoms with E-state index in [2.05, 4.69) is 17.2 Å². The maximum Gasteiger partial charge on any atom is 0.313 e.